The number of carbonyl (C=O) groups excluding carboxylic acids is 2. The van der Waals surface area contributed by atoms with Gasteiger partial charge in [0.25, 0.3) is 5.91 Å². The molecule has 140 valence electrons. The van der Waals surface area contributed by atoms with E-state index < -0.39 is 0 Å². The fraction of sp³-hybridized carbons (Fsp3) is 0.778. The summed E-state index contributed by atoms with van der Waals surface area (Å²) in [6.45, 7) is 6.15. The minimum Gasteiger partial charge on any atom is -0.347 e. The third-order valence-electron chi connectivity index (χ3n) is 6.33. The standard InChI is InChI=1S/C18H26N6O2/c1-11-8-12(9-11)18(26)23-5-4-22-6-7-24-15(14(22)10-23)20-21-16(24)17(25)19-13-2-3-13/h11-14H,2-10H2,1H3,(H,19,25)/t11?,12?,14-/m0/s1. The molecule has 0 spiro atoms. The molecule has 2 aliphatic carbocycles. The van der Waals surface area contributed by atoms with E-state index in [4.69, 9.17) is 0 Å². The van der Waals surface area contributed by atoms with Crippen molar-refractivity contribution in [2.24, 2.45) is 11.8 Å². The molecule has 1 aromatic heterocycles. The number of piperazine rings is 1. The Morgan fingerprint density at radius 3 is 2.58 bits per heavy atom. The Balaban J connectivity index is 1.33. The maximum atomic E-state index is 12.8. The quantitative estimate of drug-likeness (QED) is 0.846. The van der Waals surface area contributed by atoms with Gasteiger partial charge in [0, 0.05) is 44.7 Å². The number of amides is 2. The van der Waals surface area contributed by atoms with E-state index in [2.05, 4.69) is 27.3 Å². The van der Waals surface area contributed by atoms with Gasteiger partial charge in [0.2, 0.25) is 11.7 Å². The molecule has 4 aliphatic rings. The smallest absolute Gasteiger partial charge is 0.289 e. The van der Waals surface area contributed by atoms with Gasteiger partial charge in [-0.3, -0.25) is 14.5 Å². The van der Waals surface area contributed by atoms with Crippen LogP contribution in [0.2, 0.25) is 0 Å². The number of carbonyl (C=O) groups is 2. The third kappa shape index (κ3) is 2.71. The van der Waals surface area contributed by atoms with Crippen molar-refractivity contribution in [3.63, 3.8) is 0 Å². The Bertz CT molecular complexity index is 736. The number of nitrogens with zero attached hydrogens (tertiary/aromatic N) is 5. The van der Waals surface area contributed by atoms with Gasteiger partial charge >= 0.3 is 0 Å². The van der Waals surface area contributed by atoms with E-state index in [1.165, 1.54) is 0 Å². The number of nitrogens with one attached hydrogen (secondary N) is 1. The highest BCUT2D eigenvalue weighted by Crippen LogP contribution is 2.36. The molecule has 5 rings (SSSR count). The van der Waals surface area contributed by atoms with Gasteiger partial charge in [0.15, 0.2) is 5.82 Å². The second kappa shape index (κ2) is 6.04. The van der Waals surface area contributed by atoms with Crippen LogP contribution >= 0.6 is 0 Å². The van der Waals surface area contributed by atoms with Gasteiger partial charge in [0.05, 0.1) is 6.04 Å². The molecular weight excluding hydrogens is 332 g/mol. The van der Waals surface area contributed by atoms with Crippen LogP contribution in [-0.2, 0) is 11.3 Å². The van der Waals surface area contributed by atoms with Crippen molar-refractivity contribution in [2.75, 3.05) is 26.2 Å². The van der Waals surface area contributed by atoms with Crippen molar-refractivity contribution in [2.45, 2.75) is 51.2 Å². The zero-order valence-corrected chi connectivity index (χ0v) is 15.2. The Labute approximate surface area is 152 Å². The molecule has 0 aromatic carbocycles. The van der Waals surface area contributed by atoms with E-state index in [9.17, 15) is 9.59 Å². The van der Waals surface area contributed by atoms with Crippen LogP contribution < -0.4 is 5.32 Å². The van der Waals surface area contributed by atoms with Crippen LogP contribution in [0.5, 0.6) is 0 Å². The Kier molecular flexibility index (Phi) is 3.77. The van der Waals surface area contributed by atoms with Crippen LogP contribution in [-0.4, -0.2) is 68.6 Å². The summed E-state index contributed by atoms with van der Waals surface area (Å²) in [5.74, 6) is 2.31. The van der Waals surface area contributed by atoms with Crippen LogP contribution in [0.25, 0.3) is 0 Å². The highest BCUT2D eigenvalue weighted by molar-refractivity contribution is 5.91. The molecular formula is C18H26N6O2. The highest BCUT2D eigenvalue weighted by Gasteiger charge is 2.41. The highest BCUT2D eigenvalue weighted by atomic mass is 16.2. The Morgan fingerprint density at radius 2 is 1.85 bits per heavy atom. The van der Waals surface area contributed by atoms with Gasteiger partial charge in [-0.1, -0.05) is 6.92 Å². The maximum Gasteiger partial charge on any atom is 0.289 e. The monoisotopic (exact) mass is 358 g/mol. The molecule has 8 heteroatoms. The van der Waals surface area contributed by atoms with E-state index in [1.54, 1.807) is 0 Å². The average molecular weight is 358 g/mol. The minimum absolute atomic E-state index is 0.0499. The average Bonchev–Trinajstić information content (AvgIpc) is 3.32. The molecule has 2 amide bonds. The summed E-state index contributed by atoms with van der Waals surface area (Å²) in [7, 11) is 0. The molecule has 2 saturated carbocycles. The van der Waals surface area contributed by atoms with Crippen LogP contribution in [0.1, 0.15) is 55.1 Å². The molecule has 2 aliphatic heterocycles. The van der Waals surface area contributed by atoms with Crippen LogP contribution in [0.15, 0.2) is 0 Å². The molecule has 3 heterocycles. The molecule has 3 fully saturated rings. The predicted molar refractivity (Wildman–Crippen MR) is 93.3 cm³/mol. The predicted octanol–water partition coefficient (Wildman–Crippen LogP) is 0.415. The maximum absolute atomic E-state index is 12.8. The molecule has 1 saturated heterocycles. The topological polar surface area (TPSA) is 83.4 Å². The first-order chi connectivity index (χ1) is 12.6. The van der Waals surface area contributed by atoms with E-state index in [0.717, 1.165) is 57.7 Å². The summed E-state index contributed by atoms with van der Waals surface area (Å²) in [6, 6.07) is 0.358. The zero-order valence-electron chi connectivity index (χ0n) is 15.2. The lowest BCUT2D eigenvalue weighted by Crippen LogP contribution is -2.55. The molecule has 0 bridgehead atoms. The molecule has 0 radical (unpaired) electrons. The van der Waals surface area contributed by atoms with Crippen molar-refractivity contribution in [1.29, 1.82) is 0 Å². The number of hydrogen-bond acceptors (Lipinski definition) is 5. The number of rotatable bonds is 3. The van der Waals surface area contributed by atoms with Gasteiger partial charge < -0.3 is 14.8 Å². The minimum atomic E-state index is -0.119. The number of fused-ring (bicyclic) bond motifs is 3. The molecule has 8 nitrogen and oxygen atoms in total. The summed E-state index contributed by atoms with van der Waals surface area (Å²) in [6.07, 6.45) is 4.15. The van der Waals surface area contributed by atoms with Crippen LogP contribution in [0.3, 0.4) is 0 Å². The second-order valence-electron chi connectivity index (χ2n) is 8.39. The zero-order chi connectivity index (χ0) is 17.8. The molecule has 1 N–H and O–H groups in total. The SMILES string of the molecule is CC1CC(C(=O)N2CCN3CCn4c(C(=O)NC5CC5)nnc4[C@@H]3C2)C1. The molecule has 0 unspecified atom stereocenters. The third-order valence-corrected chi connectivity index (χ3v) is 6.33. The lowest BCUT2D eigenvalue weighted by molar-refractivity contribution is -0.143. The number of aromatic nitrogens is 3. The largest absolute Gasteiger partial charge is 0.347 e. The van der Waals surface area contributed by atoms with Crippen molar-refractivity contribution >= 4 is 11.8 Å². The van der Waals surface area contributed by atoms with Crippen LogP contribution in [0.4, 0.5) is 0 Å². The summed E-state index contributed by atoms with van der Waals surface area (Å²) in [5, 5.41) is 11.5. The van der Waals surface area contributed by atoms with Gasteiger partial charge in [-0.2, -0.15) is 0 Å². The van der Waals surface area contributed by atoms with Crippen molar-refractivity contribution in [3.05, 3.63) is 11.6 Å². The first-order valence-electron chi connectivity index (χ1n) is 9.87. The lowest BCUT2D eigenvalue weighted by Gasteiger charge is -2.45. The lowest BCUT2D eigenvalue weighted by atomic mass is 9.75. The van der Waals surface area contributed by atoms with Crippen molar-refractivity contribution in [3.8, 4) is 0 Å². The Morgan fingerprint density at radius 1 is 1.08 bits per heavy atom. The van der Waals surface area contributed by atoms with E-state index in [0.29, 0.717) is 30.2 Å². The van der Waals surface area contributed by atoms with Crippen LogP contribution in [0, 0.1) is 11.8 Å². The van der Waals surface area contributed by atoms with Gasteiger partial charge in [-0.25, -0.2) is 0 Å². The fourth-order valence-electron chi connectivity index (χ4n) is 4.55. The van der Waals surface area contributed by atoms with E-state index in [-0.39, 0.29) is 17.9 Å². The summed E-state index contributed by atoms with van der Waals surface area (Å²) < 4.78 is 1.96. The molecule has 1 atom stereocenters. The first-order valence-corrected chi connectivity index (χ1v) is 9.87. The summed E-state index contributed by atoms with van der Waals surface area (Å²) >= 11 is 0. The second-order valence-corrected chi connectivity index (χ2v) is 8.39. The van der Waals surface area contributed by atoms with Gasteiger partial charge in [-0.05, 0) is 31.6 Å². The summed E-state index contributed by atoms with van der Waals surface area (Å²) in [5.41, 5.74) is 0. The van der Waals surface area contributed by atoms with Crippen molar-refractivity contribution in [1.82, 2.24) is 29.9 Å². The number of hydrogen-bond donors (Lipinski definition) is 1. The van der Waals surface area contributed by atoms with E-state index >= 15 is 0 Å². The Hall–Kier alpha value is -1.96. The fourth-order valence-corrected chi connectivity index (χ4v) is 4.55. The van der Waals surface area contributed by atoms with E-state index in [1.807, 2.05) is 9.47 Å². The normalized spacial score (nSPS) is 31.0. The van der Waals surface area contributed by atoms with Gasteiger partial charge in [-0.15, -0.1) is 10.2 Å². The summed E-state index contributed by atoms with van der Waals surface area (Å²) in [4.78, 5) is 29.5. The van der Waals surface area contributed by atoms with Gasteiger partial charge in [0.1, 0.15) is 0 Å². The molecule has 26 heavy (non-hydrogen) atoms. The first kappa shape index (κ1) is 16.2. The molecule has 1 aromatic rings. The van der Waals surface area contributed by atoms with Crippen molar-refractivity contribution < 1.29 is 9.59 Å².